The average molecular weight is 389 g/mol. The van der Waals surface area contributed by atoms with Gasteiger partial charge in [0.05, 0.1) is 25.3 Å². The zero-order chi connectivity index (χ0) is 20.0. The molecule has 0 aliphatic rings. The van der Waals surface area contributed by atoms with E-state index < -0.39 is 15.9 Å². The zero-order valence-electron chi connectivity index (χ0n) is 15.8. The van der Waals surface area contributed by atoms with Crippen LogP contribution in [0.3, 0.4) is 0 Å². The van der Waals surface area contributed by atoms with E-state index in [0.29, 0.717) is 11.4 Å². The number of sulfonamides is 1. The number of hydrazone groups is 1. The van der Waals surface area contributed by atoms with Crippen LogP contribution in [0.25, 0.3) is 0 Å². The monoisotopic (exact) mass is 389 g/mol. The second kappa shape index (κ2) is 8.68. The molecule has 0 fully saturated rings. The summed E-state index contributed by atoms with van der Waals surface area (Å²) in [5.41, 5.74) is 5.40. The summed E-state index contributed by atoms with van der Waals surface area (Å²) >= 11 is 0. The van der Waals surface area contributed by atoms with Gasteiger partial charge in [0.15, 0.2) is 0 Å². The van der Waals surface area contributed by atoms with Crippen molar-refractivity contribution in [2.24, 2.45) is 5.10 Å². The fourth-order valence-corrected chi connectivity index (χ4v) is 3.37. The lowest BCUT2D eigenvalue weighted by atomic mass is 10.1. The molecule has 2 rings (SSSR count). The lowest BCUT2D eigenvalue weighted by Crippen LogP contribution is -2.39. The van der Waals surface area contributed by atoms with Crippen LogP contribution in [0.15, 0.2) is 47.6 Å². The molecule has 27 heavy (non-hydrogen) atoms. The van der Waals surface area contributed by atoms with Crippen LogP contribution in [-0.2, 0) is 14.8 Å². The minimum atomic E-state index is -3.62. The third kappa shape index (κ3) is 6.10. The van der Waals surface area contributed by atoms with Gasteiger partial charge in [-0.05, 0) is 66.9 Å². The van der Waals surface area contributed by atoms with E-state index in [1.807, 2.05) is 19.9 Å². The fraction of sp³-hybridized carbons (Fsp3) is 0.263. The van der Waals surface area contributed by atoms with Gasteiger partial charge in [0.2, 0.25) is 10.0 Å². The number of nitrogens with one attached hydrogen (secondary N) is 1. The van der Waals surface area contributed by atoms with Crippen molar-refractivity contribution in [2.75, 3.05) is 24.2 Å². The Morgan fingerprint density at radius 2 is 1.74 bits per heavy atom. The largest absolute Gasteiger partial charge is 0.497 e. The van der Waals surface area contributed by atoms with Crippen molar-refractivity contribution in [3.8, 4) is 5.75 Å². The smallest absolute Gasteiger partial charge is 0.260 e. The standard InChI is InChI=1S/C19H23N3O4S/c1-14-9-15(2)11-17(10-14)22(27(4,24)25)13-19(23)21-20-12-16-5-7-18(26-3)8-6-16/h5-12H,13H2,1-4H3,(H,21,23)/b20-12-. The number of carbonyl (C=O) groups is 1. The van der Waals surface area contributed by atoms with E-state index in [1.165, 1.54) is 6.21 Å². The Hall–Kier alpha value is -2.87. The molecule has 1 amide bonds. The van der Waals surface area contributed by atoms with Gasteiger partial charge in [0, 0.05) is 0 Å². The summed E-state index contributed by atoms with van der Waals surface area (Å²) in [5, 5.41) is 3.87. The van der Waals surface area contributed by atoms with Crippen LogP contribution in [-0.4, -0.2) is 40.4 Å². The van der Waals surface area contributed by atoms with Crippen molar-refractivity contribution >= 4 is 27.8 Å². The van der Waals surface area contributed by atoms with Crippen molar-refractivity contribution in [3.05, 3.63) is 59.2 Å². The van der Waals surface area contributed by atoms with Gasteiger partial charge in [0.1, 0.15) is 12.3 Å². The molecule has 7 nitrogen and oxygen atoms in total. The van der Waals surface area contributed by atoms with E-state index in [1.54, 1.807) is 43.5 Å². The van der Waals surface area contributed by atoms with Crippen LogP contribution in [0.4, 0.5) is 5.69 Å². The third-order valence-corrected chi connectivity index (χ3v) is 4.84. The normalized spacial score (nSPS) is 11.4. The minimum Gasteiger partial charge on any atom is -0.497 e. The number of rotatable bonds is 7. The first-order valence-corrected chi connectivity index (χ1v) is 10.1. The SMILES string of the molecule is COc1ccc(/C=N\NC(=O)CN(c2cc(C)cc(C)c2)S(C)(=O)=O)cc1. The molecule has 1 N–H and O–H groups in total. The van der Waals surface area contributed by atoms with Crippen molar-refractivity contribution in [3.63, 3.8) is 0 Å². The highest BCUT2D eigenvalue weighted by atomic mass is 32.2. The van der Waals surface area contributed by atoms with E-state index in [2.05, 4.69) is 10.5 Å². The first-order chi connectivity index (χ1) is 12.7. The summed E-state index contributed by atoms with van der Waals surface area (Å²) < 4.78 is 30.4. The topological polar surface area (TPSA) is 88.1 Å². The summed E-state index contributed by atoms with van der Waals surface area (Å²) in [4.78, 5) is 12.2. The lowest BCUT2D eigenvalue weighted by Gasteiger charge is -2.22. The highest BCUT2D eigenvalue weighted by Crippen LogP contribution is 2.21. The van der Waals surface area contributed by atoms with Crippen molar-refractivity contribution in [2.45, 2.75) is 13.8 Å². The molecule has 0 unspecified atom stereocenters. The third-order valence-electron chi connectivity index (χ3n) is 3.70. The molecular weight excluding hydrogens is 366 g/mol. The number of nitrogens with zero attached hydrogens (tertiary/aromatic N) is 2. The predicted molar refractivity (Wildman–Crippen MR) is 107 cm³/mol. The summed E-state index contributed by atoms with van der Waals surface area (Å²) in [6, 6.07) is 12.5. The van der Waals surface area contributed by atoms with Gasteiger partial charge in [0.25, 0.3) is 5.91 Å². The molecule has 0 aliphatic heterocycles. The van der Waals surface area contributed by atoms with E-state index in [-0.39, 0.29) is 6.54 Å². The molecule has 0 aliphatic carbocycles. The van der Waals surface area contributed by atoms with Crippen molar-refractivity contribution in [1.29, 1.82) is 0 Å². The zero-order valence-corrected chi connectivity index (χ0v) is 16.6. The summed E-state index contributed by atoms with van der Waals surface area (Å²) in [6.07, 6.45) is 2.54. The Balaban J connectivity index is 2.08. The van der Waals surface area contributed by atoms with E-state index in [4.69, 9.17) is 4.74 Å². The number of amides is 1. The van der Waals surface area contributed by atoms with Crippen molar-refractivity contribution in [1.82, 2.24) is 5.43 Å². The average Bonchev–Trinajstić information content (AvgIpc) is 2.58. The van der Waals surface area contributed by atoms with Crippen LogP contribution < -0.4 is 14.5 Å². The predicted octanol–water partition coefficient (Wildman–Crippen LogP) is 2.23. The highest BCUT2D eigenvalue weighted by molar-refractivity contribution is 7.92. The van der Waals surface area contributed by atoms with E-state index >= 15 is 0 Å². The number of anilines is 1. The minimum absolute atomic E-state index is 0.359. The molecule has 0 radical (unpaired) electrons. The van der Waals surface area contributed by atoms with Gasteiger partial charge in [-0.25, -0.2) is 13.8 Å². The Morgan fingerprint density at radius 3 is 2.26 bits per heavy atom. The maximum atomic E-state index is 12.2. The van der Waals surface area contributed by atoms with E-state index in [9.17, 15) is 13.2 Å². The molecule has 0 bridgehead atoms. The maximum Gasteiger partial charge on any atom is 0.260 e. The first-order valence-electron chi connectivity index (χ1n) is 8.21. The Bertz CT molecular complexity index is 918. The highest BCUT2D eigenvalue weighted by Gasteiger charge is 2.21. The van der Waals surface area contributed by atoms with Gasteiger partial charge in [-0.1, -0.05) is 6.07 Å². The lowest BCUT2D eigenvalue weighted by molar-refractivity contribution is -0.119. The number of hydrogen-bond acceptors (Lipinski definition) is 5. The Morgan fingerprint density at radius 1 is 1.15 bits per heavy atom. The molecule has 144 valence electrons. The van der Waals surface area contributed by atoms with Crippen LogP contribution >= 0.6 is 0 Å². The molecule has 2 aromatic carbocycles. The molecule has 8 heteroatoms. The molecular formula is C19H23N3O4S. The Kier molecular flexibility index (Phi) is 6.57. The summed E-state index contributed by atoms with van der Waals surface area (Å²) in [7, 11) is -2.05. The van der Waals surface area contributed by atoms with E-state index in [0.717, 1.165) is 27.3 Å². The van der Waals surface area contributed by atoms with Crippen LogP contribution in [0, 0.1) is 13.8 Å². The van der Waals surface area contributed by atoms with Gasteiger partial charge >= 0.3 is 0 Å². The van der Waals surface area contributed by atoms with Gasteiger partial charge in [-0.3, -0.25) is 9.10 Å². The molecule has 0 saturated carbocycles. The first kappa shape index (κ1) is 20.4. The van der Waals surface area contributed by atoms with Gasteiger partial charge in [-0.2, -0.15) is 5.10 Å². The molecule has 0 aromatic heterocycles. The molecule has 0 atom stereocenters. The number of benzene rings is 2. The summed E-state index contributed by atoms with van der Waals surface area (Å²) in [5.74, 6) is 0.178. The van der Waals surface area contributed by atoms with Crippen LogP contribution in [0.2, 0.25) is 0 Å². The maximum absolute atomic E-state index is 12.2. The summed E-state index contributed by atoms with van der Waals surface area (Å²) in [6.45, 7) is 3.38. The second-order valence-corrected chi connectivity index (χ2v) is 8.09. The second-order valence-electron chi connectivity index (χ2n) is 6.18. The number of hydrogen-bond donors (Lipinski definition) is 1. The Labute approximate surface area is 159 Å². The number of aryl methyl sites for hydroxylation is 2. The quantitative estimate of drug-likeness (QED) is 0.581. The van der Waals surface area contributed by atoms with Crippen LogP contribution in [0.1, 0.15) is 16.7 Å². The number of ether oxygens (including phenoxy) is 1. The number of methoxy groups -OCH3 is 1. The molecule has 0 saturated heterocycles. The fourth-order valence-electron chi connectivity index (χ4n) is 2.53. The van der Waals surface area contributed by atoms with Crippen molar-refractivity contribution < 1.29 is 17.9 Å². The number of carbonyl (C=O) groups excluding carboxylic acids is 1. The molecule has 2 aromatic rings. The van der Waals surface area contributed by atoms with Gasteiger partial charge < -0.3 is 4.74 Å². The molecule has 0 heterocycles. The van der Waals surface area contributed by atoms with Crippen LogP contribution in [0.5, 0.6) is 5.75 Å². The van der Waals surface area contributed by atoms with Gasteiger partial charge in [-0.15, -0.1) is 0 Å². The molecule has 0 spiro atoms.